The molecule has 23 heavy (non-hydrogen) atoms. The number of carbonyl (C=O) groups is 1. The number of carbonyl (C=O) groups excluding carboxylic acids is 1. The molecule has 1 unspecified atom stereocenters. The van der Waals surface area contributed by atoms with Crippen LogP contribution in [0.2, 0.25) is 0 Å². The number of hydrogen-bond donors (Lipinski definition) is 1. The van der Waals surface area contributed by atoms with E-state index in [9.17, 15) is 4.79 Å². The summed E-state index contributed by atoms with van der Waals surface area (Å²) in [6, 6.07) is 18.5. The summed E-state index contributed by atoms with van der Waals surface area (Å²) in [5, 5.41) is 3.21. The lowest BCUT2D eigenvalue weighted by molar-refractivity contribution is -0.121. The van der Waals surface area contributed by atoms with Crippen molar-refractivity contribution in [2.24, 2.45) is 0 Å². The minimum Gasteiger partial charge on any atom is -0.346 e. The third kappa shape index (κ3) is 4.18. The first-order valence-electron chi connectivity index (χ1n) is 7.83. The van der Waals surface area contributed by atoms with Crippen LogP contribution < -0.4 is 5.32 Å². The highest BCUT2D eigenvalue weighted by molar-refractivity contribution is 9.10. The average Bonchev–Trinajstić information content (AvgIpc) is 3.34. The van der Waals surface area contributed by atoms with Gasteiger partial charge in [0, 0.05) is 10.2 Å². The molecular formula is C19H20BrNOS. The van der Waals surface area contributed by atoms with E-state index in [1.807, 2.05) is 37.3 Å². The Balaban J connectivity index is 1.57. The average molecular weight is 390 g/mol. The number of nitrogens with one attached hydrogen (secondary N) is 1. The summed E-state index contributed by atoms with van der Waals surface area (Å²) in [5.41, 5.74) is 2.32. The zero-order valence-electron chi connectivity index (χ0n) is 13.1. The van der Waals surface area contributed by atoms with E-state index in [1.165, 1.54) is 11.1 Å². The molecule has 1 fully saturated rings. The summed E-state index contributed by atoms with van der Waals surface area (Å²) in [6.45, 7) is 1.99. The van der Waals surface area contributed by atoms with Crippen molar-refractivity contribution < 1.29 is 4.79 Å². The molecular weight excluding hydrogens is 370 g/mol. The Morgan fingerprint density at radius 2 is 1.83 bits per heavy atom. The van der Waals surface area contributed by atoms with E-state index in [-0.39, 0.29) is 16.7 Å². The molecule has 0 bridgehead atoms. The van der Waals surface area contributed by atoms with Gasteiger partial charge < -0.3 is 5.32 Å². The lowest BCUT2D eigenvalue weighted by Crippen LogP contribution is -2.39. The van der Waals surface area contributed by atoms with Crippen LogP contribution in [0.3, 0.4) is 0 Å². The molecule has 1 N–H and O–H groups in total. The lowest BCUT2D eigenvalue weighted by Gasteiger charge is -2.21. The van der Waals surface area contributed by atoms with Crippen LogP contribution >= 0.6 is 27.7 Å². The third-order valence-electron chi connectivity index (χ3n) is 4.22. The van der Waals surface area contributed by atoms with E-state index < -0.39 is 0 Å². The summed E-state index contributed by atoms with van der Waals surface area (Å²) in [6.07, 6.45) is 2.05. The molecule has 2 aromatic carbocycles. The van der Waals surface area contributed by atoms with Crippen molar-refractivity contribution in [3.8, 4) is 0 Å². The summed E-state index contributed by atoms with van der Waals surface area (Å²) in [5.74, 6) is 0.993. The van der Waals surface area contributed by atoms with Crippen LogP contribution in [0.1, 0.15) is 30.9 Å². The summed E-state index contributed by atoms with van der Waals surface area (Å²) < 4.78 is 1.06. The van der Waals surface area contributed by atoms with Crippen LogP contribution in [0.5, 0.6) is 0 Å². The smallest absolute Gasteiger partial charge is 0.233 e. The highest BCUT2D eigenvalue weighted by atomic mass is 79.9. The predicted octanol–water partition coefficient (Wildman–Crippen LogP) is 4.88. The zero-order valence-corrected chi connectivity index (χ0v) is 15.5. The maximum atomic E-state index is 12.5. The number of hydrogen-bond acceptors (Lipinski definition) is 2. The van der Waals surface area contributed by atoms with Gasteiger partial charge in [0.15, 0.2) is 0 Å². The number of amides is 1. The quantitative estimate of drug-likeness (QED) is 0.762. The maximum Gasteiger partial charge on any atom is 0.233 e. The Hall–Kier alpha value is -1.26. The largest absolute Gasteiger partial charge is 0.346 e. The fourth-order valence-electron chi connectivity index (χ4n) is 2.59. The molecule has 2 aromatic rings. The summed E-state index contributed by atoms with van der Waals surface area (Å²) in [7, 11) is 0. The molecule has 1 atom stereocenters. The van der Waals surface area contributed by atoms with Gasteiger partial charge in [-0.05, 0) is 43.0 Å². The molecule has 1 amide bonds. The first-order chi connectivity index (χ1) is 11.1. The van der Waals surface area contributed by atoms with Crippen molar-refractivity contribution in [3.05, 3.63) is 70.2 Å². The number of benzene rings is 2. The standard InChI is InChI=1S/C19H20BrNOS/c1-14(23-13-15-5-3-2-4-6-15)18(22)21-19(11-12-19)16-7-9-17(20)10-8-16/h2-10,14H,11-13H2,1H3,(H,21,22). The molecule has 0 heterocycles. The lowest BCUT2D eigenvalue weighted by atomic mass is 10.0. The summed E-state index contributed by atoms with van der Waals surface area (Å²) >= 11 is 5.14. The molecule has 0 aliphatic heterocycles. The Labute approximate surface area is 150 Å². The molecule has 120 valence electrons. The Bertz CT molecular complexity index is 668. The van der Waals surface area contributed by atoms with E-state index >= 15 is 0 Å². The number of thioether (sulfide) groups is 1. The van der Waals surface area contributed by atoms with Crippen molar-refractivity contribution >= 4 is 33.6 Å². The number of halogens is 1. The first-order valence-corrected chi connectivity index (χ1v) is 9.67. The van der Waals surface area contributed by atoms with E-state index in [4.69, 9.17) is 0 Å². The van der Waals surface area contributed by atoms with Crippen LogP contribution in [0.25, 0.3) is 0 Å². The van der Waals surface area contributed by atoms with Gasteiger partial charge in [0.25, 0.3) is 0 Å². The van der Waals surface area contributed by atoms with Gasteiger partial charge in [-0.1, -0.05) is 58.4 Å². The van der Waals surface area contributed by atoms with Crippen molar-refractivity contribution in [3.63, 3.8) is 0 Å². The zero-order chi connectivity index (χ0) is 16.3. The third-order valence-corrected chi connectivity index (χ3v) is 5.96. The van der Waals surface area contributed by atoms with Gasteiger partial charge in [0.1, 0.15) is 0 Å². The van der Waals surface area contributed by atoms with E-state index in [0.717, 1.165) is 23.1 Å². The minimum absolute atomic E-state index is 0.0527. The Morgan fingerprint density at radius 1 is 1.17 bits per heavy atom. The molecule has 4 heteroatoms. The van der Waals surface area contributed by atoms with Gasteiger partial charge in [0.2, 0.25) is 5.91 Å². The molecule has 0 radical (unpaired) electrons. The van der Waals surface area contributed by atoms with Gasteiger partial charge >= 0.3 is 0 Å². The molecule has 0 saturated heterocycles. The molecule has 0 aromatic heterocycles. The molecule has 1 aliphatic carbocycles. The molecule has 1 aliphatic rings. The SMILES string of the molecule is CC(SCc1ccccc1)C(=O)NC1(c2ccc(Br)cc2)CC1. The Kier molecular flexibility index (Phi) is 5.12. The monoisotopic (exact) mass is 389 g/mol. The highest BCUT2D eigenvalue weighted by Crippen LogP contribution is 2.46. The van der Waals surface area contributed by atoms with Crippen molar-refractivity contribution in [1.29, 1.82) is 0 Å². The van der Waals surface area contributed by atoms with E-state index in [2.05, 4.69) is 45.5 Å². The second-order valence-electron chi connectivity index (χ2n) is 6.02. The van der Waals surface area contributed by atoms with Gasteiger partial charge in [-0.3, -0.25) is 4.79 Å². The maximum absolute atomic E-state index is 12.5. The van der Waals surface area contributed by atoms with Crippen molar-refractivity contribution in [2.45, 2.75) is 36.3 Å². The predicted molar refractivity (Wildman–Crippen MR) is 100 cm³/mol. The van der Waals surface area contributed by atoms with Crippen LogP contribution in [-0.4, -0.2) is 11.2 Å². The molecule has 0 spiro atoms. The fraction of sp³-hybridized carbons (Fsp3) is 0.316. The highest BCUT2D eigenvalue weighted by Gasteiger charge is 2.46. The van der Waals surface area contributed by atoms with Crippen molar-refractivity contribution in [2.75, 3.05) is 0 Å². The molecule has 1 saturated carbocycles. The van der Waals surface area contributed by atoms with Crippen LogP contribution in [0.15, 0.2) is 59.1 Å². The van der Waals surface area contributed by atoms with Gasteiger partial charge in [-0.15, -0.1) is 11.8 Å². The first kappa shape index (κ1) is 16.6. The second-order valence-corrected chi connectivity index (χ2v) is 8.26. The minimum atomic E-state index is -0.140. The second kappa shape index (κ2) is 7.10. The van der Waals surface area contributed by atoms with Crippen LogP contribution in [0, 0.1) is 0 Å². The number of rotatable bonds is 6. The van der Waals surface area contributed by atoms with E-state index in [1.54, 1.807) is 11.8 Å². The van der Waals surface area contributed by atoms with Gasteiger partial charge in [-0.2, -0.15) is 0 Å². The fourth-order valence-corrected chi connectivity index (χ4v) is 3.70. The molecule has 3 rings (SSSR count). The van der Waals surface area contributed by atoms with Gasteiger partial charge in [0.05, 0.1) is 10.8 Å². The van der Waals surface area contributed by atoms with Crippen LogP contribution in [0.4, 0.5) is 0 Å². The van der Waals surface area contributed by atoms with Gasteiger partial charge in [-0.25, -0.2) is 0 Å². The van der Waals surface area contributed by atoms with Crippen LogP contribution in [-0.2, 0) is 16.1 Å². The van der Waals surface area contributed by atoms with E-state index in [0.29, 0.717) is 0 Å². The van der Waals surface area contributed by atoms with Crippen molar-refractivity contribution in [1.82, 2.24) is 5.32 Å². The normalized spacial score (nSPS) is 16.6. The summed E-state index contributed by atoms with van der Waals surface area (Å²) in [4.78, 5) is 12.5. The molecule has 2 nitrogen and oxygen atoms in total. The topological polar surface area (TPSA) is 29.1 Å². The Morgan fingerprint density at radius 3 is 2.43 bits per heavy atom.